The summed E-state index contributed by atoms with van der Waals surface area (Å²) < 4.78 is 2.59. The Bertz CT molecular complexity index is 922. The van der Waals surface area contributed by atoms with Crippen molar-refractivity contribution in [1.82, 2.24) is 9.13 Å². The molecule has 7 heteroatoms. The first-order chi connectivity index (χ1) is 10.5. The zero-order valence-electron chi connectivity index (χ0n) is 11.5. The molecule has 1 aliphatic heterocycles. The molecule has 112 valence electrons. The molecule has 0 aliphatic carbocycles. The van der Waals surface area contributed by atoms with E-state index in [1.54, 1.807) is 18.2 Å². The molecule has 5 nitrogen and oxygen atoms in total. The van der Waals surface area contributed by atoms with Crippen molar-refractivity contribution < 1.29 is 0 Å². The first-order valence-electron chi connectivity index (χ1n) is 6.73. The van der Waals surface area contributed by atoms with Crippen LogP contribution in [0.3, 0.4) is 0 Å². The van der Waals surface area contributed by atoms with Crippen molar-refractivity contribution >= 4 is 23.2 Å². The van der Waals surface area contributed by atoms with Gasteiger partial charge in [0.15, 0.2) is 0 Å². The average molecular weight is 336 g/mol. The number of rotatable bonds is 2. The van der Waals surface area contributed by atoms with E-state index >= 15 is 0 Å². The lowest BCUT2D eigenvalue weighted by atomic mass is 10.2. The fourth-order valence-corrected chi connectivity index (χ4v) is 3.03. The van der Waals surface area contributed by atoms with Crippen LogP contribution in [0.5, 0.6) is 0 Å². The monoisotopic (exact) mass is 335 g/mol. The van der Waals surface area contributed by atoms with E-state index in [0.717, 1.165) is 11.0 Å². The summed E-state index contributed by atoms with van der Waals surface area (Å²) in [7, 11) is 0. The predicted octanol–water partition coefficient (Wildman–Crippen LogP) is 2.18. The molecule has 0 radical (unpaired) electrons. The molecular formula is C15H11Cl2N3O2. The van der Waals surface area contributed by atoms with Gasteiger partial charge in [0.25, 0.3) is 5.56 Å². The highest BCUT2D eigenvalue weighted by atomic mass is 35.5. The summed E-state index contributed by atoms with van der Waals surface area (Å²) >= 11 is 11.8. The van der Waals surface area contributed by atoms with Gasteiger partial charge >= 0.3 is 5.69 Å². The number of aromatic nitrogens is 2. The van der Waals surface area contributed by atoms with Crippen LogP contribution < -0.4 is 11.2 Å². The van der Waals surface area contributed by atoms with Crippen molar-refractivity contribution in [3.05, 3.63) is 65.9 Å². The summed E-state index contributed by atoms with van der Waals surface area (Å²) in [6, 6.07) is 6.85. The fraction of sp³-hybridized carbons (Fsp3) is 0.267. The predicted molar refractivity (Wildman–Crippen MR) is 83.6 cm³/mol. The molecule has 22 heavy (non-hydrogen) atoms. The summed E-state index contributed by atoms with van der Waals surface area (Å²) in [5.74, 6) is 0. The van der Waals surface area contributed by atoms with E-state index in [9.17, 15) is 14.9 Å². The molecule has 0 saturated heterocycles. The maximum Gasteiger partial charge on any atom is 0.331 e. The van der Waals surface area contributed by atoms with Crippen LogP contribution in [-0.4, -0.2) is 9.13 Å². The van der Waals surface area contributed by atoms with Gasteiger partial charge in [0.1, 0.15) is 11.6 Å². The second kappa shape index (κ2) is 5.64. The van der Waals surface area contributed by atoms with Crippen molar-refractivity contribution in [2.75, 3.05) is 0 Å². The first kappa shape index (κ1) is 14.9. The summed E-state index contributed by atoms with van der Waals surface area (Å²) in [4.78, 5) is 24.9. The summed E-state index contributed by atoms with van der Waals surface area (Å²) in [5.41, 5.74) is 0.338. The van der Waals surface area contributed by atoms with Crippen LogP contribution in [0.1, 0.15) is 23.2 Å². The average Bonchev–Trinajstić information content (AvgIpc) is 2.97. The molecule has 3 rings (SSSR count). The molecule has 1 aliphatic rings. The largest absolute Gasteiger partial charge is 0.331 e. The van der Waals surface area contributed by atoms with Crippen LogP contribution in [0.2, 0.25) is 10.0 Å². The Morgan fingerprint density at radius 3 is 2.68 bits per heavy atom. The van der Waals surface area contributed by atoms with E-state index in [1.807, 2.05) is 6.07 Å². The molecule has 0 unspecified atom stereocenters. The second-order valence-corrected chi connectivity index (χ2v) is 5.93. The smallest absolute Gasteiger partial charge is 0.296 e. The Morgan fingerprint density at radius 2 is 2.00 bits per heavy atom. The van der Waals surface area contributed by atoms with E-state index < -0.39 is 5.56 Å². The van der Waals surface area contributed by atoms with E-state index in [2.05, 4.69) is 0 Å². The number of nitrogens with zero attached hydrogens (tertiary/aromatic N) is 3. The van der Waals surface area contributed by atoms with E-state index in [4.69, 9.17) is 23.2 Å². The maximum atomic E-state index is 12.5. The summed E-state index contributed by atoms with van der Waals surface area (Å²) in [5, 5.41) is 9.99. The lowest BCUT2D eigenvalue weighted by Crippen LogP contribution is -2.41. The van der Waals surface area contributed by atoms with Crippen LogP contribution in [0, 0.1) is 11.3 Å². The van der Waals surface area contributed by atoms with Gasteiger partial charge in [-0.1, -0.05) is 29.3 Å². The van der Waals surface area contributed by atoms with Crippen molar-refractivity contribution in [1.29, 1.82) is 5.26 Å². The second-order valence-electron chi connectivity index (χ2n) is 5.11. The highest BCUT2D eigenvalue weighted by Crippen LogP contribution is 2.22. The van der Waals surface area contributed by atoms with Gasteiger partial charge in [-0.05, 0) is 30.5 Å². The van der Waals surface area contributed by atoms with Crippen LogP contribution >= 0.6 is 23.2 Å². The number of benzene rings is 1. The summed E-state index contributed by atoms with van der Waals surface area (Å²) in [6.07, 6.45) is 1.35. The molecule has 0 atom stereocenters. The van der Waals surface area contributed by atoms with Gasteiger partial charge in [-0.2, -0.15) is 5.26 Å². The molecule has 0 spiro atoms. The number of nitriles is 1. The highest BCUT2D eigenvalue weighted by molar-refractivity contribution is 6.42. The number of halogens is 2. The number of hydrogen-bond donors (Lipinski definition) is 0. The molecule has 0 saturated carbocycles. The minimum absolute atomic E-state index is 0.0529. The van der Waals surface area contributed by atoms with Crippen molar-refractivity contribution in [2.45, 2.75) is 25.9 Å². The minimum atomic E-state index is -0.549. The van der Waals surface area contributed by atoms with Crippen LogP contribution in [0.15, 0.2) is 27.8 Å². The van der Waals surface area contributed by atoms with Gasteiger partial charge in [-0.3, -0.25) is 13.9 Å². The van der Waals surface area contributed by atoms with Crippen molar-refractivity contribution in [3.8, 4) is 6.07 Å². The quantitative estimate of drug-likeness (QED) is 0.844. The Labute approximate surface area is 135 Å². The highest BCUT2D eigenvalue weighted by Gasteiger charge is 2.22. The van der Waals surface area contributed by atoms with Crippen LogP contribution in [-0.2, 0) is 19.5 Å². The standard InChI is InChI=1S/C15H11Cl2N3O2/c16-11-4-3-9(6-12(11)17)8-20-14(21)10(7-18)13-2-1-5-19(13)15(20)22/h3-4,6H,1-2,5,8H2. The number of fused-ring (bicyclic) bond motifs is 1. The molecular weight excluding hydrogens is 325 g/mol. The van der Waals surface area contributed by atoms with Gasteiger partial charge in [-0.25, -0.2) is 4.79 Å². The first-order valence-corrected chi connectivity index (χ1v) is 7.49. The van der Waals surface area contributed by atoms with Gasteiger partial charge in [0, 0.05) is 12.2 Å². The third-order valence-corrected chi connectivity index (χ3v) is 4.51. The molecule has 0 bridgehead atoms. The molecule has 1 aromatic carbocycles. The van der Waals surface area contributed by atoms with Crippen molar-refractivity contribution in [3.63, 3.8) is 0 Å². The maximum absolute atomic E-state index is 12.5. The fourth-order valence-electron chi connectivity index (χ4n) is 2.71. The Balaban J connectivity index is 2.16. The topological polar surface area (TPSA) is 67.8 Å². The third-order valence-electron chi connectivity index (χ3n) is 3.77. The Kier molecular flexibility index (Phi) is 3.81. The molecule has 2 heterocycles. The van der Waals surface area contributed by atoms with E-state index in [-0.39, 0.29) is 17.8 Å². The van der Waals surface area contributed by atoms with E-state index in [1.165, 1.54) is 4.57 Å². The van der Waals surface area contributed by atoms with Gasteiger partial charge in [0.2, 0.25) is 0 Å². The van der Waals surface area contributed by atoms with Crippen LogP contribution in [0.4, 0.5) is 0 Å². The van der Waals surface area contributed by atoms with Gasteiger partial charge in [-0.15, -0.1) is 0 Å². The third kappa shape index (κ3) is 2.35. The summed E-state index contributed by atoms with van der Waals surface area (Å²) in [6.45, 7) is 0.591. The molecule has 1 aromatic heterocycles. The van der Waals surface area contributed by atoms with Crippen molar-refractivity contribution in [2.24, 2.45) is 0 Å². The Hall–Kier alpha value is -2.03. The zero-order chi connectivity index (χ0) is 15.9. The molecule has 0 amide bonds. The SMILES string of the molecule is N#Cc1c2n(c(=O)n(Cc3ccc(Cl)c(Cl)c3)c1=O)CCC2. The van der Waals surface area contributed by atoms with E-state index in [0.29, 0.717) is 34.3 Å². The molecule has 0 fully saturated rings. The number of hydrogen-bond acceptors (Lipinski definition) is 3. The molecule has 2 aromatic rings. The zero-order valence-corrected chi connectivity index (χ0v) is 13.0. The lowest BCUT2D eigenvalue weighted by molar-refractivity contribution is 0.602. The normalized spacial score (nSPS) is 13.0. The van der Waals surface area contributed by atoms with Crippen LogP contribution in [0.25, 0.3) is 0 Å². The lowest BCUT2D eigenvalue weighted by Gasteiger charge is -2.11. The molecule has 0 N–H and O–H groups in total. The van der Waals surface area contributed by atoms with Gasteiger partial charge < -0.3 is 0 Å². The minimum Gasteiger partial charge on any atom is -0.296 e. The van der Waals surface area contributed by atoms with Gasteiger partial charge in [0.05, 0.1) is 16.6 Å². The Morgan fingerprint density at radius 1 is 1.23 bits per heavy atom.